The van der Waals surface area contributed by atoms with Crippen LogP contribution in [0.1, 0.15) is 21.7 Å². The first kappa shape index (κ1) is 16.0. The predicted octanol–water partition coefficient (Wildman–Crippen LogP) is 5.36. The summed E-state index contributed by atoms with van der Waals surface area (Å²) in [6.07, 6.45) is 1.63. The van der Waals surface area contributed by atoms with Crippen molar-refractivity contribution in [2.45, 2.75) is 6.92 Å². The van der Waals surface area contributed by atoms with E-state index in [-0.39, 0.29) is 10.6 Å². The fraction of sp³-hybridized carbons (Fsp3) is 0.0526. The molecule has 0 saturated carbocycles. The van der Waals surface area contributed by atoms with Crippen LogP contribution in [0.25, 0.3) is 11.3 Å². The van der Waals surface area contributed by atoms with Gasteiger partial charge in [-0.1, -0.05) is 29.3 Å². The number of carboxylic acid groups (broad SMARTS) is 1. The Balaban J connectivity index is 1.84. The van der Waals surface area contributed by atoms with Gasteiger partial charge in [0.05, 0.1) is 22.5 Å². The van der Waals surface area contributed by atoms with Gasteiger partial charge in [0.2, 0.25) is 0 Å². The first-order chi connectivity index (χ1) is 11.5. The minimum Gasteiger partial charge on any atom is -0.478 e. The van der Waals surface area contributed by atoms with Crippen molar-refractivity contribution in [3.8, 4) is 11.3 Å². The third kappa shape index (κ3) is 3.55. The van der Waals surface area contributed by atoms with Crippen LogP contribution < -0.4 is 0 Å². The molecule has 3 rings (SSSR count). The predicted molar refractivity (Wildman–Crippen MR) is 94.5 cm³/mol. The lowest BCUT2D eigenvalue weighted by atomic mass is 10.1. The van der Waals surface area contributed by atoms with Crippen LogP contribution in [-0.2, 0) is 0 Å². The number of carboxylic acids is 1. The van der Waals surface area contributed by atoms with Crippen molar-refractivity contribution in [3.63, 3.8) is 0 Å². The summed E-state index contributed by atoms with van der Waals surface area (Å²) in [7, 11) is 0. The number of benzene rings is 2. The average molecular weight is 340 g/mol. The van der Waals surface area contributed by atoms with Gasteiger partial charge in [-0.3, -0.25) is 4.99 Å². The maximum atomic E-state index is 11.2. The molecule has 0 radical (unpaired) electrons. The van der Waals surface area contributed by atoms with Crippen LogP contribution in [-0.4, -0.2) is 17.3 Å². The maximum Gasteiger partial charge on any atom is 0.337 e. The van der Waals surface area contributed by atoms with E-state index in [0.717, 1.165) is 5.69 Å². The number of aromatic carboxylic acids is 1. The molecule has 1 aromatic heterocycles. The van der Waals surface area contributed by atoms with E-state index in [0.29, 0.717) is 17.1 Å². The quantitative estimate of drug-likeness (QED) is 0.651. The SMILES string of the molecule is Cc1ccc(N=Cc2ccc(-c3ccc(Cl)c(C(=O)O)c3)o2)cc1. The number of carbonyl (C=O) groups is 1. The van der Waals surface area contributed by atoms with Crippen LogP contribution >= 0.6 is 11.6 Å². The van der Waals surface area contributed by atoms with Gasteiger partial charge in [-0.25, -0.2) is 4.79 Å². The van der Waals surface area contributed by atoms with Gasteiger partial charge in [0.15, 0.2) is 0 Å². The molecular weight excluding hydrogens is 326 g/mol. The molecule has 0 fully saturated rings. The van der Waals surface area contributed by atoms with Crippen molar-refractivity contribution < 1.29 is 14.3 Å². The Kier molecular flexibility index (Phi) is 4.49. The third-order valence-electron chi connectivity index (χ3n) is 3.48. The van der Waals surface area contributed by atoms with E-state index in [1.807, 2.05) is 31.2 Å². The highest BCUT2D eigenvalue weighted by atomic mass is 35.5. The molecule has 0 unspecified atom stereocenters. The molecule has 1 heterocycles. The van der Waals surface area contributed by atoms with E-state index in [2.05, 4.69) is 4.99 Å². The van der Waals surface area contributed by atoms with E-state index >= 15 is 0 Å². The minimum atomic E-state index is -1.07. The molecule has 0 aliphatic heterocycles. The average Bonchev–Trinajstić information content (AvgIpc) is 3.03. The summed E-state index contributed by atoms with van der Waals surface area (Å²) in [6, 6.07) is 16.1. The van der Waals surface area contributed by atoms with Crippen molar-refractivity contribution in [1.29, 1.82) is 0 Å². The molecule has 4 nitrogen and oxygen atoms in total. The molecule has 0 atom stereocenters. The Hall–Kier alpha value is -2.85. The van der Waals surface area contributed by atoms with Crippen molar-refractivity contribution in [2.75, 3.05) is 0 Å². The van der Waals surface area contributed by atoms with E-state index in [9.17, 15) is 4.79 Å². The van der Waals surface area contributed by atoms with E-state index in [4.69, 9.17) is 21.1 Å². The molecular formula is C19H14ClNO3. The topological polar surface area (TPSA) is 62.8 Å². The standard InChI is InChI=1S/C19H14ClNO3/c1-12-2-5-14(6-3-12)21-11-15-7-9-18(24-15)13-4-8-17(20)16(10-13)19(22)23/h2-11H,1H3,(H,22,23). The Morgan fingerprint density at radius 2 is 1.88 bits per heavy atom. The summed E-state index contributed by atoms with van der Waals surface area (Å²) >= 11 is 5.88. The van der Waals surface area contributed by atoms with Gasteiger partial charge < -0.3 is 9.52 Å². The smallest absolute Gasteiger partial charge is 0.337 e. The van der Waals surface area contributed by atoms with Crippen LogP contribution in [0, 0.1) is 6.92 Å². The first-order valence-corrected chi connectivity index (χ1v) is 7.64. The lowest BCUT2D eigenvalue weighted by Gasteiger charge is -2.01. The number of aliphatic imine (C=N–C) groups is 1. The highest BCUT2D eigenvalue weighted by Crippen LogP contribution is 2.27. The summed E-state index contributed by atoms with van der Waals surface area (Å²) in [4.78, 5) is 15.5. The number of furan rings is 1. The summed E-state index contributed by atoms with van der Waals surface area (Å²) in [5.41, 5.74) is 2.69. The van der Waals surface area contributed by atoms with Gasteiger partial charge in [-0.2, -0.15) is 0 Å². The Morgan fingerprint density at radius 3 is 2.58 bits per heavy atom. The molecule has 0 aliphatic carbocycles. The molecule has 0 saturated heterocycles. The van der Waals surface area contributed by atoms with Crippen LogP contribution in [0.4, 0.5) is 5.69 Å². The van der Waals surface area contributed by atoms with E-state index in [1.54, 1.807) is 30.5 Å². The van der Waals surface area contributed by atoms with E-state index in [1.165, 1.54) is 11.6 Å². The maximum absolute atomic E-state index is 11.2. The van der Waals surface area contributed by atoms with Crippen LogP contribution in [0.15, 0.2) is 64.0 Å². The lowest BCUT2D eigenvalue weighted by Crippen LogP contribution is -1.97. The molecule has 0 bridgehead atoms. The Morgan fingerprint density at radius 1 is 1.12 bits per heavy atom. The van der Waals surface area contributed by atoms with Crippen molar-refractivity contribution in [1.82, 2.24) is 0 Å². The number of hydrogen-bond donors (Lipinski definition) is 1. The second-order valence-electron chi connectivity index (χ2n) is 5.30. The van der Waals surface area contributed by atoms with E-state index < -0.39 is 5.97 Å². The van der Waals surface area contributed by atoms with Crippen molar-refractivity contribution in [3.05, 3.63) is 76.5 Å². The molecule has 0 amide bonds. The first-order valence-electron chi connectivity index (χ1n) is 7.27. The fourth-order valence-electron chi connectivity index (χ4n) is 2.19. The summed E-state index contributed by atoms with van der Waals surface area (Å²) < 4.78 is 5.70. The van der Waals surface area contributed by atoms with Gasteiger partial charge in [0.25, 0.3) is 0 Å². The van der Waals surface area contributed by atoms with Gasteiger partial charge in [-0.05, 0) is 49.4 Å². The molecule has 24 heavy (non-hydrogen) atoms. The molecule has 0 aliphatic rings. The van der Waals surface area contributed by atoms with Crippen LogP contribution in [0.5, 0.6) is 0 Å². The van der Waals surface area contributed by atoms with Gasteiger partial charge >= 0.3 is 5.97 Å². The molecule has 120 valence electrons. The highest BCUT2D eigenvalue weighted by molar-refractivity contribution is 6.33. The minimum absolute atomic E-state index is 0.0421. The lowest BCUT2D eigenvalue weighted by molar-refractivity contribution is 0.0697. The summed E-state index contributed by atoms with van der Waals surface area (Å²) in [6.45, 7) is 2.02. The number of nitrogens with zero attached hydrogens (tertiary/aromatic N) is 1. The molecule has 5 heteroatoms. The molecule has 1 N–H and O–H groups in total. The Bertz CT molecular complexity index is 911. The zero-order valence-corrected chi connectivity index (χ0v) is 13.6. The second kappa shape index (κ2) is 6.72. The number of halogens is 1. The van der Waals surface area contributed by atoms with Crippen LogP contribution in [0.3, 0.4) is 0 Å². The second-order valence-corrected chi connectivity index (χ2v) is 5.70. The fourth-order valence-corrected chi connectivity index (χ4v) is 2.39. The highest BCUT2D eigenvalue weighted by Gasteiger charge is 2.12. The molecule has 3 aromatic rings. The molecule has 2 aromatic carbocycles. The van der Waals surface area contributed by atoms with Crippen molar-refractivity contribution in [2.24, 2.45) is 4.99 Å². The summed E-state index contributed by atoms with van der Waals surface area (Å²) in [5.74, 6) is 0.0616. The third-order valence-corrected chi connectivity index (χ3v) is 3.81. The zero-order chi connectivity index (χ0) is 17.1. The number of rotatable bonds is 4. The van der Waals surface area contributed by atoms with Crippen molar-refractivity contribution >= 4 is 29.5 Å². The molecule has 0 spiro atoms. The monoisotopic (exact) mass is 339 g/mol. The van der Waals surface area contributed by atoms with Crippen LogP contribution in [0.2, 0.25) is 5.02 Å². The Labute approximate surface area is 144 Å². The normalized spacial score (nSPS) is 11.1. The van der Waals surface area contributed by atoms with Gasteiger partial charge in [0.1, 0.15) is 11.5 Å². The number of hydrogen-bond acceptors (Lipinski definition) is 3. The zero-order valence-electron chi connectivity index (χ0n) is 12.9. The van der Waals surface area contributed by atoms with Gasteiger partial charge in [0, 0.05) is 5.56 Å². The number of aryl methyl sites for hydroxylation is 1. The van der Waals surface area contributed by atoms with Gasteiger partial charge in [-0.15, -0.1) is 0 Å². The largest absolute Gasteiger partial charge is 0.478 e. The summed E-state index contributed by atoms with van der Waals surface area (Å²) in [5, 5.41) is 9.33.